The summed E-state index contributed by atoms with van der Waals surface area (Å²) in [5.74, 6) is 3.27. The van der Waals surface area contributed by atoms with Gasteiger partial charge in [-0.25, -0.2) is 0 Å². The fraction of sp³-hybridized carbons (Fsp3) is 0.833. The molecule has 0 amide bonds. The molecule has 6 heteroatoms. The highest BCUT2D eigenvalue weighted by atomic mass is 15.3. The van der Waals surface area contributed by atoms with Gasteiger partial charge in [0, 0.05) is 32.1 Å². The zero-order chi connectivity index (χ0) is 17.4. The molecule has 2 unspecified atom stereocenters. The maximum atomic E-state index is 4.77. The van der Waals surface area contributed by atoms with Crippen LogP contribution >= 0.6 is 0 Å². The molecule has 0 aliphatic heterocycles. The number of aliphatic imine (C=N–C) groups is 1. The van der Waals surface area contributed by atoms with Crippen LogP contribution in [0.4, 0.5) is 0 Å². The first kappa shape index (κ1) is 18.7. The molecule has 0 spiro atoms. The Balaban J connectivity index is 1.89. The van der Waals surface area contributed by atoms with Gasteiger partial charge in [-0.2, -0.15) is 0 Å². The average molecular weight is 335 g/mol. The van der Waals surface area contributed by atoms with Gasteiger partial charge < -0.3 is 15.2 Å². The molecule has 6 nitrogen and oxygen atoms in total. The number of nitrogens with one attached hydrogen (secondary N) is 2. The number of aryl methyl sites for hydroxylation is 1. The molecule has 1 aromatic rings. The Morgan fingerprint density at radius 1 is 1.38 bits per heavy atom. The molecule has 1 heterocycles. The molecule has 1 aliphatic rings. The molecule has 136 valence electrons. The predicted octanol–water partition coefficient (Wildman–Crippen LogP) is 2.61. The van der Waals surface area contributed by atoms with Crippen LogP contribution in [-0.4, -0.2) is 39.9 Å². The van der Waals surface area contributed by atoms with E-state index in [1.54, 1.807) is 0 Å². The molecule has 2 atom stereocenters. The van der Waals surface area contributed by atoms with Gasteiger partial charge >= 0.3 is 0 Å². The summed E-state index contributed by atoms with van der Waals surface area (Å²) in [7, 11) is 0. The summed E-state index contributed by atoms with van der Waals surface area (Å²) in [4.78, 5) is 4.77. The number of rotatable bonds is 7. The van der Waals surface area contributed by atoms with Gasteiger partial charge in [0.15, 0.2) is 5.96 Å². The summed E-state index contributed by atoms with van der Waals surface area (Å²) < 4.78 is 2.11. The summed E-state index contributed by atoms with van der Waals surface area (Å²) in [5, 5.41) is 15.3. The highest BCUT2D eigenvalue weighted by Gasteiger charge is 2.22. The highest BCUT2D eigenvalue weighted by molar-refractivity contribution is 5.80. The van der Waals surface area contributed by atoms with Gasteiger partial charge in [-0.15, -0.1) is 10.2 Å². The van der Waals surface area contributed by atoms with Gasteiger partial charge in [0.05, 0.1) is 0 Å². The van der Waals surface area contributed by atoms with Gasteiger partial charge in [0.1, 0.15) is 12.2 Å². The lowest BCUT2D eigenvalue weighted by atomic mass is 9.86. The van der Waals surface area contributed by atoms with Crippen molar-refractivity contribution in [1.29, 1.82) is 0 Å². The Labute approximate surface area is 146 Å². The molecule has 0 aromatic carbocycles. The van der Waals surface area contributed by atoms with Crippen LogP contribution in [0, 0.1) is 11.8 Å². The Kier molecular flexibility index (Phi) is 7.53. The van der Waals surface area contributed by atoms with E-state index in [9.17, 15) is 0 Å². The van der Waals surface area contributed by atoms with E-state index in [1.165, 1.54) is 25.7 Å². The third-order valence-electron chi connectivity index (χ3n) is 4.71. The molecule has 0 bridgehead atoms. The van der Waals surface area contributed by atoms with E-state index < -0.39 is 0 Å². The predicted molar refractivity (Wildman–Crippen MR) is 99.1 cm³/mol. The van der Waals surface area contributed by atoms with E-state index >= 15 is 0 Å². The first-order chi connectivity index (χ1) is 11.6. The quantitative estimate of drug-likeness (QED) is 0.594. The second kappa shape index (κ2) is 9.64. The molecular weight excluding hydrogens is 300 g/mol. The minimum atomic E-state index is 0.540. The van der Waals surface area contributed by atoms with Gasteiger partial charge in [-0.1, -0.05) is 40.5 Å². The number of guanidine groups is 1. The summed E-state index contributed by atoms with van der Waals surface area (Å²) in [6.45, 7) is 11.4. The molecule has 1 aromatic heterocycles. The van der Waals surface area contributed by atoms with Crippen molar-refractivity contribution in [3.05, 3.63) is 12.2 Å². The topological polar surface area (TPSA) is 67.1 Å². The second-order valence-corrected chi connectivity index (χ2v) is 7.32. The van der Waals surface area contributed by atoms with Crippen molar-refractivity contribution in [2.45, 2.75) is 72.4 Å². The van der Waals surface area contributed by atoms with Crippen molar-refractivity contribution in [3.63, 3.8) is 0 Å². The van der Waals surface area contributed by atoms with Crippen molar-refractivity contribution < 1.29 is 0 Å². The van der Waals surface area contributed by atoms with E-state index in [-0.39, 0.29) is 0 Å². The average Bonchev–Trinajstić information content (AvgIpc) is 3.01. The van der Waals surface area contributed by atoms with Crippen LogP contribution < -0.4 is 10.6 Å². The van der Waals surface area contributed by atoms with Gasteiger partial charge in [-0.3, -0.25) is 4.99 Å². The van der Waals surface area contributed by atoms with Crippen LogP contribution in [0.5, 0.6) is 0 Å². The third kappa shape index (κ3) is 5.80. The van der Waals surface area contributed by atoms with Crippen molar-refractivity contribution in [2.24, 2.45) is 16.8 Å². The summed E-state index contributed by atoms with van der Waals surface area (Å²) in [6, 6.07) is 0.540. The minimum Gasteiger partial charge on any atom is -0.355 e. The summed E-state index contributed by atoms with van der Waals surface area (Å²) in [6.07, 6.45) is 7.96. The van der Waals surface area contributed by atoms with Gasteiger partial charge in [-0.05, 0) is 24.7 Å². The Morgan fingerprint density at radius 3 is 2.88 bits per heavy atom. The molecule has 2 rings (SSSR count). The minimum absolute atomic E-state index is 0.540. The lowest BCUT2D eigenvalue weighted by molar-refractivity contribution is 0.306. The van der Waals surface area contributed by atoms with Crippen molar-refractivity contribution in [2.75, 3.05) is 13.1 Å². The molecule has 0 saturated heterocycles. The van der Waals surface area contributed by atoms with Crippen LogP contribution in [0.1, 0.15) is 59.2 Å². The molecule has 1 saturated carbocycles. The molecule has 2 N–H and O–H groups in total. The first-order valence-corrected chi connectivity index (χ1v) is 9.51. The SMILES string of the molecule is CCc1nncn1CCNC(=NCC(C)C)NC1CCCCC1C. The van der Waals surface area contributed by atoms with Crippen molar-refractivity contribution in [1.82, 2.24) is 25.4 Å². The van der Waals surface area contributed by atoms with Crippen LogP contribution in [-0.2, 0) is 13.0 Å². The second-order valence-electron chi connectivity index (χ2n) is 7.32. The van der Waals surface area contributed by atoms with E-state index in [0.717, 1.165) is 37.8 Å². The Bertz CT molecular complexity index is 507. The standard InChI is InChI=1S/C18H34N6/c1-5-17-23-21-13-24(17)11-10-19-18(20-12-14(2)3)22-16-9-7-6-8-15(16)4/h13-16H,5-12H2,1-4H3,(H2,19,20,22). The van der Waals surface area contributed by atoms with Gasteiger partial charge in [0.25, 0.3) is 0 Å². The fourth-order valence-corrected chi connectivity index (χ4v) is 3.17. The molecular formula is C18H34N6. The Hall–Kier alpha value is -1.59. The zero-order valence-corrected chi connectivity index (χ0v) is 15.8. The lowest BCUT2D eigenvalue weighted by Gasteiger charge is -2.31. The number of aromatic nitrogens is 3. The maximum Gasteiger partial charge on any atom is 0.191 e. The van der Waals surface area contributed by atoms with Crippen LogP contribution in [0.3, 0.4) is 0 Å². The van der Waals surface area contributed by atoms with Crippen LogP contribution in [0.2, 0.25) is 0 Å². The fourth-order valence-electron chi connectivity index (χ4n) is 3.17. The monoisotopic (exact) mass is 334 g/mol. The van der Waals surface area contributed by atoms with E-state index in [1.807, 2.05) is 6.33 Å². The smallest absolute Gasteiger partial charge is 0.191 e. The lowest BCUT2D eigenvalue weighted by Crippen LogP contribution is -2.48. The van der Waals surface area contributed by atoms with E-state index in [4.69, 9.17) is 4.99 Å². The van der Waals surface area contributed by atoms with Crippen LogP contribution in [0.15, 0.2) is 11.3 Å². The third-order valence-corrected chi connectivity index (χ3v) is 4.71. The zero-order valence-electron chi connectivity index (χ0n) is 15.8. The van der Waals surface area contributed by atoms with E-state index in [0.29, 0.717) is 17.9 Å². The Morgan fingerprint density at radius 2 is 2.17 bits per heavy atom. The maximum absolute atomic E-state index is 4.77. The number of hydrogen-bond donors (Lipinski definition) is 2. The molecule has 1 fully saturated rings. The van der Waals surface area contributed by atoms with Crippen molar-refractivity contribution >= 4 is 5.96 Å². The number of nitrogens with zero attached hydrogens (tertiary/aromatic N) is 4. The first-order valence-electron chi connectivity index (χ1n) is 9.51. The van der Waals surface area contributed by atoms with Gasteiger partial charge in [0.2, 0.25) is 0 Å². The highest BCUT2D eigenvalue weighted by Crippen LogP contribution is 2.23. The molecule has 0 radical (unpaired) electrons. The van der Waals surface area contributed by atoms with Crippen molar-refractivity contribution in [3.8, 4) is 0 Å². The number of hydrogen-bond acceptors (Lipinski definition) is 3. The molecule has 24 heavy (non-hydrogen) atoms. The normalized spacial score (nSPS) is 22.0. The summed E-state index contributed by atoms with van der Waals surface area (Å²) in [5.41, 5.74) is 0. The molecule has 1 aliphatic carbocycles. The van der Waals surface area contributed by atoms with E-state index in [2.05, 4.69) is 53.1 Å². The summed E-state index contributed by atoms with van der Waals surface area (Å²) >= 11 is 0. The largest absolute Gasteiger partial charge is 0.355 e. The van der Waals surface area contributed by atoms with Crippen LogP contribution in [0.25, 0.3) is 0 Å².